The molecule has 2 aromatic carbocycles. The van der Waals surface area contributed by atoms with Crippen molar-refractivity contribution in [2.45, 2.75) is 12.8 Å². The van der Waals surface area contributed by atoms with Crippen LogP contribution >= 0.6 is 0 Å². The number of hydrogen-bond donors (Lipinski definition) is 0. The average Bonchev–Trinajstić information content (AvgIpc) is 2.99. The van der Waals surface area contributed by atoms with Gasteiger partial charge >= 0.3 is 12.1 Å². The van der Waals surface area contributed by atoms with Gasteiger partial charge in [0, 0.05) is 5.56 Å². The number of ether oxygens (including phenoxy) is 1. The Hall–Kier alpha value is -2.76. The second-order valence-electron chi connectivity index (χ2n) is 4.79. The smallest absolute Gasteiger partial charge is 0.440 e. The summed E-state index contributed by atoms with van der Waals surface area (Å²) in [6, 6.07) is 17.2. The van der Waals surface area contributed by atoms with Crippen LogP contribution in [0.15, 0.2) is 65.1 Å². The monoisotopic (exact) mass is 319 g/mol. The summed E-state index contributed by atoms with van der Waals surface area (Å²) in [5.41, 5.74) is 0.0260. The van der Waals surface area contributed by atoms with Gasteiger partial charge in [-0.25, -0.2) is 4.98 Å². The molecule has 0 unspecified atom stereocenters. The van der Waals surface area contributed by atoms with Crippen LogP contribution in [-0.4, -0.2) is 4.98 Å². The Labute approximate surface area is 130 Å². The summed E-state index contributed by atoms with van der Waals surface area (Å²) >= 11 is 0. The molecule has 0 radical (unpaired) electrons. The van der Waals surface area contributed by atoms with Gasteiger partial charge in [-0.2, -0.15) is 13.2 Å². The van der Waals surface area contributed by atoms with E-state index in [9.17, 15) is 13.2 Å². The SMILES string of the molecule is FC(F)(F)c1nc(-c2ccccc2)oc1OCc1ccccc1. The van der Waals surface area contributed by atoms with Gasteiger partial charge in [-0.3, -0.25) is 0 Å². The lowest BCUT2D eigenvalue weighted by Crippen LogP contribution is -2.08. The Balaban J connectivity index is 1.90. The normalized spacial score (nSPS) is 11.4. The van der Waals surface area contributed by atoms with E-state index in [1.165, 1.54) is 0 Å². The van der Waals surface area contributed by atoms with Gasteiger partial charge in [-0.1, -0.05) is 48.5 Å². The van der Waals surface area contributed by atoms with E-state index in [0.29, 0.717) is 5.56 Å². The van der Waals surface area contributed by atoms with Crippen molar-refractivity contribution < 1.29 is 22.3 Å². The quantitative estimate of drug-likeness (QED) is 0.683. The maximum atomic E-state index is 13.1. The Morgan fingerprint density at radius 1 is 0.913 bits per heavy atom. The third-order valence-corrected chi connectivity index (χ3v) is 3.10. The maximum Gasteiger partial charge on any atom is 0.440 e. The molecular formula is C17H12F3NO2. The van der Waals surface area contributed by atoms with Crippen LogP contribution in [-0.2, 0) is 12.8 Å². The van der Waals surface area contributed by atoms with Crippen molar-refractivity contribution in [3.05, 3.63) is 71.9 Å². The molecule has 118 valence electrons. The highest BCUT2D eigenvalue weighted by molar-refractivity contribution is 5.54. The van der Waals surface area contributed by atoms with E-state index >= 15 is 0 Å². The molecule has 3 nitrogen and oxygen atoms in total. The van der Waals surface area contributed by atoms with Gasteiger partial charge in [-0.05, 0) is 17.7 Å². The van der Waals surface area contributed by atoms with Gasteiger partial charge in [-0.15, -0.1) is 0 Å². The molecule has 0 aliphatic rings. The van der Waals surface area contributed by atoms with E-state index in [-0.39, 0.29) is 12.5 Å². The van der Waals surface area contributed by atoms with Crippen molar-refractivity contribution in [1.29, 1.82) is 0 Å². The zero-order valence-electron chi connectivity index (χ0n) is 11.9. The fourth-order valence-corrected chi connectivity index (χ4v) is 2.01. The van der Waals surface area contributed by atoms with Gasteiger partial charge < -0.3 is 9.15 Å². The third kappa shape index (κ3) is 3.53. The van der Waals surface area contributed by atoms with Crippen LogP contribution in [0.4, 0.5) is 13.2 Å². The number of benzene rings is 2. The van der Waals surface area contributed by atoms with Crippen molar-refractivity contribution >= 4 is 0 Å². The summed E-state index contributed by atoms with van der Waals surface area (Å²) in [6.45, 7) is -0.0344. The number of oxazole rings is 1. The molecule has 0 amide bonds. The molecule has 0 atom stereocenters. The lowest BCUT2D eigenvalue weighted by atomic mass is 10.2. The molecule has 23 heavy (non-hydrogen) atoms. The number of nitrogens with zero attached hydrogens (tertiary/aromatic N) is 1. The fourth-order valence-electron chi connectivity index (χ4n) is 2.01. The number of alkyl halides is 3. The number of hydrogen-bond acceptors (Lipinski definition) is 3. The van der Waals surface area contributed by atoms with Gasteiger partial charge in [0.1, 0.15) is 6.61 Å². The number of rotatable bonds is 4. The zero-order valence-corrected chi connectivity index (χ0v) is 11.9. The van der Waals surface area contributed by atoms with Crippen LogP contribution in [0.25, 0.3) is 11.5 Å². The molecule has 0 saturated heterocycles. The fraction of sp³-hybridized carbons (Fsp3) is 0.118. The number of aromatic nitrogens is 1. The molecule has 0 fully saturated rings. The van der Waals surface area contributed by atoms with Gasteiger partial charge in [0.2, 0.25) is 11.6 Å². The lowest BCUT2D eigenvalue weighted by Gasteiger charge is -2.06. The van der Waals surface area contributed by atoms with Crippen molar-refractivity contribution in [3.8, 4) is 17.4 Å². The molecule has 0 aliphatic heterocycles. The molecule has 6 heteroatoms. The summed E-state index contributed by atoms with van der Waals surface area (Å²) in [4.78, 5) is 3.55. The standard InChI is InChI=1S/C17H12F3NO2/c18-17(19,20)14-16(22-11-12-7-3-1-4-8-12)23-15(21-14)13-9-5-2-6-10-13/h1-10H,11H2. The second-order valence-corrected chi connectivity index (χ2v) is 4.79. The largest absolute Gasteiger partial charge is 0.459 e. The molecule has 0 aliphatic carbocycles. The first-order valence-corrected chi connectivity index (χ1v) is 6.84. The molecule has 0 spiro atoms. The molecule has 1 heterocycles. The average molecular weight is 319 g/mol. The Morgan fingerprint density at radius 3 is 2.13 bits per heavy atom. The van der Waals surface area contributed by atoms with E-state index in [1.54, 1.807) is 54.6 Å². The molecule has 0 N–H and O–H groups in total. The summed E-state index contributed by atoms with van der Waals surface area (Å²) in [5, 5.41) is 0. The van der Waals surface area contributed by atoms with E-state index in [4.69, 9.17) is 9.15 Å². The Kier molecular flexibility index (Phi) is 4.06. The Morgan fingerprint density at radius 2 is 1.52 bits per heavy atom. The van der Waals surface area contributed by atoms with Crippen LogP contribution in [0.2, 0.25) is 0 Å². The van der Waals surface area contributed by atoms with Gasteiger partial charge in [0.05, 0.1) is 0 Å². The van der Waals surface area contributed by atoms with E-state index < -0.39 is 17.8 Å². The second kappa shape index (κ2) is 6.16. The van der Waals surface area contributed by atoms with Gasteiger partial charge in [0.15, 0.2) is 0 Å². The van der Waals surface area contributed by atoms with Crippen molar-refractivity contribution in [3.63, 3.8) is 0 Å². The lowest BCUT2D eigenvalue weighted by molar-refractivity contribution is -0.143. The van der Waals surface area contributed by atoms with Crippen LogP contribution in [0, 0.1) is 0 Å². The molecular weight excluding hydrogens is 307 g/mol. The van der Waals surface area contributed by atoms with Crippen LogP contribution in [0.3, 0.4) is 0 Å². The maximum absolute atomic E-state index is 13.1. The molecule has 3 aromatic rings. The minimum Gasteiger partial charge on any atom is -0.459 e. The summed E-state index contributed by atoms with van der Waals surface area (Å²) in [6.07, 6.45) is -4.65. The highest BCUT2D eigenvalue weighted by Gasteiger charge is 2.40. The number of halogens is 3. The molecule has 3 rings (SSSR count). The summed E-state index contributed by atoms with van der Waals surface area (Å²) < 4.78 is 49.7. The van der Waals surface area contributed by atoms with Crippen molar-refractivity contribution in [2.75, 3.05) is 0 Å². The van der Waals surface area contributed by atoms with Crippen molar-refractivity contribution in [2.24, 2.45) is 0 Å². The molecule has 0 saturated carbocycles. The molecule has 0 bridgehead atoms. The van der Waals surface area contributed by atoms with E-state index in [0.717, 1.165) is 5.56 Å². The first-order chi connectivity index (χ1) is 11.0. The minimum absolute atomic E-state index is 0.0344. The minimum atomic E-state index is -4.65. The third-order valence-electron chi connectivity index (χ3n) is 3.10. The zero-order chi connectivity index (χ0) is 16.3. The van der Waals surface area contributed by atoms with Crippen molar-refractivity contribution in [1.82, 2.24) is 4.98 Å². The Bertz CT molecular complexity index is 768. The van der Waals surface area contributed by atoms with E-state index in [2.05, 4.69) is 4.98 Å². The van der Waals surface area contributed by atoms with Gasteiger partial charge in [0.25, 0.3) is 0 Å². The first kappa shape index (κ1) is 15.1. The topological polar surface area (TPSA) is 35.3 Å². The van der Waals surface area contributed by atoms with Crippen LogP contribution in [0.1, 0.15) is 11.3 Å². The summed E-state index contributed by atoms with van der Waals surface area (Å²) in [5.74, 6) is -0.749. The molecule has 1 aromatic heterocycles. The highest BCUT2D eigenvalue weighted by atomic mass is 19.4. The first-order valence-electron chi connectivity index (χ1n) is 6.84. The summed E-state index contributed by atoms with van der Waals surface area (Å²) in [7, 11) is 0. The predicted octanol–water partition coefficient (Wildman–Crippen LogP) is 4.94. The van der Waals surface area contributed by atoms with Crippen LogP contribution < -0.4 is 4.74 Å². The predicted molar refractivity (Wildman–Crippen MR) is 77.7 cm³/mol. The highest BCUT2D eigenvalue weighted by Crippen LogP contribution is 2.38. The van der Waals surface area contributed by atoms with E-state index in [1.807, 2.05) is 6.07 Å². The van der Waals surface area contributed by atoms with Crippen LogP contribution in [0.5, 0.6) is 5.95 Å².